The Morgan fingerprint density at radius 2 is 1.92 bits per heavy atom. The Morgan fingerprint density at radius 3 is 2.76 bits per heavy atom. The van der Waals surface area contributed by atoms with E-state index in [4.69, 9.17) is 0 Å². The molecule has 1 aliphatic heterocycles. The van der Waals surface area contributed by atoms with Crippen molar-refractivity contribution in [3.05, 3.63) is 35.2 Å². The van der Waals surface area contributed by atoms with Crippen LogP contribution in [0.15, 0.2) is 30.3 Å². The molecule has 1 saturated heterocycles. The lowest BCUT2D eigenvalue weighted by Gasteiger charge is -2.39. The third-order valence-electron chi connectivity index (χ3n) is 5.94. The maximum absolute atomic E-state index is 13.3. The fourth-order valence-corrected chi connectivity index (χ4v) is 7.92. The van der Waals surface area contributed by atoms with Gasteiger partial charge in [-0.2, -0.15) is 0 Å². The van der Waals surface area contributed by atoms with Crippen molar-refractivity contribution in [1.29, 1.82) is 0 Å². The van der Waals surface area contributed by atoms with Crippen LogP contribution in [0, 0.1) is 10.8 Å². The molecule has 1 aromatic carbocycles. The lowest BCUT2D eigenvalue weighted by molar-refractivity contribution is 0.0713. The maximum atomic E-state index is 13.3. The fourth-order valence-electron chi connectivity index (χ4n) is 5.44. The zero-order chi connectivity index (χ0) is 17.4. The minimum atomic E-state index is 0.254. The van der Waals surface area contributed by atoms with Crippen LogP contribution in [-0.4, -0.2) is 23.4 Å². The van der Waals surface area contributed by atoms with Gasteiger partial charge in [0.2, 0.25) is 0 Å². The Hall–Kier alpha value is -1.39. The molecule has 0 N–H and O–H groups in total. The van der Waals surface area contributed by atoms with Crippen molar-refractivity contribution in [1.82, 2.24) is 4.90 Å². The van der Waals surface area contributed by atoms with Crippen LogP contribution in [0.2, 0.25) is 0 Å². The molecule has 2 aromatic heterocycles. The van der Waals surface area contributed by atoms with Crippen molar-refractivity contribution >= 4 is 48.1 Å². The summed E-state index contributed by atoms with van der Waals surface area (Å²) in [6.07, 6.45) is 3.53. The molecule has 2 fully saturated rings. The quantitative estimate of drug-likeness (QED) is 0.503. The van der Waals surface area contributed by atoms with Gasteiger partial charge in [0.25, 0.3) is 5.91 Å². The Bertz CT molecular complexity index is 998. The molecule has 1 amide bonds. The predicted octanol–water partition coefficient (Wildman–Crippen LogP) is 6.16. The van der Waals surface area contributed by atoms with Gasteiger partial charge in [0.1, 0.15) is 0 Å². The number of carbonyl (C=O) groups is 1. The van der Waals surface area contributed by atoms with E-state index in [1.165, 1.54) is 32.3 Å². The zero-order valence-corrected chi connectivity index (χ0v) is 16.6. The zero-order valence-electron chi connectivity index (χ0n) is 15.0. The second-order valence-electron chi connectivity index (χ2n) is 9.05. The van der Waals surface area contributed by atoms with E-state index in [-0.39, 0.29) is 5.91 Å². The first-order valence-electron chi connectivity index (χ1n) is 9.06. The fraction of sp³-hybridized carbons (Fsp3) is 0.476. The number of fused-ring (bicyclic) bond motifs is 5. The van der Waals surface area contributed by atoms with Crippen LogP contribution < -0.4 is 0 Å². The van der Waals surface area contributed by atoms with E-state index in [0.29, 0.717) is 16.9 Å². The molecule has 1 saturated carbocycles. The summed E-state index contributed by atoms with van der Waals surface area (Å²) in [5, 5.41) is 1.29. The van der Waals surface area contributed by atoms with Gasteiger partial charge in [-0.15, -0.1) is 22.7 Å². The normalized spacial score (nSPS) is 28.1. The van der Waals surface area contributed by atoms with Gasteiger partial charge in [0.15, 0.2) is 0 Å². The molecule has 2 bridgehead atoms. The summed E-state index contributed by atoms with van der Waals surface area (Å²) in [4.78, 5) is 16.4. The number of nitrogens with zero attached hydrogens (tertiary/aromatic N) is 1. The van der Waals surface area contributed by atoms with Crippen LogP contribution >= 0.6 is 22.7 Å². The first-order chi connectivity index (χ1) is 11.8. The summed E-state index contributed by atoms with van der Waals surface area (Å²) in [7, 11) is 0. The number of hydrogen-bond donors (Lipinski definition) is 0. The van der Waals surface area contributed by atoms with Crippen molar-refractivity contribution in [2.45, 2.75) is 46.1 Å². The SMILES string of the molecule is CC1(C)CC2CC(C)(CN2C(=O)c2cc3sc4ccccc4c3s2)C1. The lowest BCUT2D eigenvalue weighted by Crippen LogP contribution is -2.37. The molecule has 5 rings (SSSR count). The summed E-state index contributed by atoms with van der Waals surface area (Å²) in [6.45, 7) is 8.01. The molecule has 25 heavy (non-hydrogen) atoms. The average Bonchev–Trinajstić information content (AvgIpc) is 3.14. The van der Waals surface area contributed by atoms with Crippen LogP contribution in [0.1, 0.15) is 49.7 Å². The van der Waals surface area contributed by atoms with Gasteiger partial charge < -0.3 is 4.90 Å². The van der Waals surface area contributed by atoms with Crippen LogP contribution in [0.5, 0.6) is 0 Å². The first kappa shape index (κ1) is 15.8. The molecule has 2 nitrogen and oxygen atoms in total. The van der Waals surface area contributed by atoms with Gasteiger partial charge in [-0.3, -0.25) is 4.79 Å². The summed E-state index contributed by atoms with van der Waals surface area (Å²) >= 11 is 3.48. The number of carbonyl (C=O) groups excluding carboxylic acids is 1. The highest BCUT2D eigenvalue weighted by molar-refractivity contribution is 7.33. The Labute approximate surface area is 156 Å². The van der Waals surface area contributed by atoms with E-state index in [0.717, 1.165) is 17.8 Å². The molecule has 2 unspecified atom stereocenters. The van der Waals surface area contributed by atoms with E-state index >= 15 is 0 Å². The van der Waals surface area contributed by atoms with Crippen LogP contribution in [-0.2, 0) is 0 Å². The molecule has 2 atom stereocenters. The smallest absolute Gasteiger partial charge is 0.264 e. The third-order valence-corrected chi connectivity index (χ3v) is 8.34. The number of benzene rings is 1. The average molecular weight is 370 g/mol. The molecular formula is C21H23NOS2. The minimum Gasteiger partial charge on any atom is -0.334 e. The molecule has 4 heteroatoms. The molecule has 2 aliphatic rings. The van der Waals surface area contributed by atoms with Crippen molar-refractivity contribution in [2.75, 3.05) is 6.54 Å². The highest BCUT2D eigenvalue weighted by Gasteiger charge is 2.51. The maximum Gasteiger partial charge on any atom is 0.264 e. The molecule has 130 valence electrons. The van der Waals surface area contributed by atoms with Gasteiger partial charge in [0.05, 0.1) is 9.58 Å². The topological polar surface area (TPSA) is 20.3 Å². The predicted molar refractivity (Wildman–Crippen MR) is 108 cm³/mol. The molecule has 0 spiro atoms. The Kier molecular flexibility index (Phi) is 3.21. The van der Waals surface area contributed by atoms with Gasteiger partial charge >= 0.3 is 0 Å². The molecule has 1 aliphatic carbocycles. The second kappa shape index (κ2) is 5.08. The molecule has 3 aromatic rings. The van der Waals surface area contributed by atoms with E-state index in [9.17, 15) is 4.79 Å². The molecular weight excluding hydrogens is 346 g/mol. The minimum absolute atomic E-state index is 0.254. The van der Waals surface area contributed by atoms with Gasteiger partial charge in [0, 0.05) is 27.4 Å². The van der Waals surface area contributed by atoms with E-state index in [2.05, 4.69) is 56.0 Å². The first-order valence-corrected chi connectivity index (χ1v) is 10.7. The number of hydrogen-bond acceptors (Lipinski definition) is 3. The van der Waals surface area contributed by atoms with E-state index < -0.39 is 0 Å². The number of thiophene rings is 2. The van der Waals surface area contributed by atoms with Crippen molar-refractivity contribution in [3.63, 3.8) is 0 Å². The van der Waals surface area contributed by atoms with Crippen molar-refractivity contribution < 1.29 is 4.79 Å². The van der Waals surface area contributed by atoms with Crippen LogP contribution in [0.3, 0.4) is 0 Å². The second-order valence-corrected chi connectivity index (χ2v) is 11.2. The summed E-state index contributed by atoms with van der Waals surface area (Å²) < 4.78 is 3.84. The summed E-state index contributed by atoms with van der Waals surface area (Å²) in [5.41, 5.74) is 0.641. The summed E-state index contributed by atoms with van der Waals surface area (Å²) in [5.74, 6) is 0.254. The molecule has 0 radical (unpaired) electrons. The highest BCUT2D eigenvalue weighted by atomic mass is 32.1. The lowest BCUT2D eigenvalue weighted by atomic mass is 9.65. The van der Waals surface area contributed by atoms with Gasteiger partial charge in [-0.05, 0) is 42.2 Å². The van der Waals surface area contributed by atoms with Gasteiger partial charge in [-0.1, -0.05) is 39.0 Å². The largest absolute Gasteiger partial charge is 0.334 e. The van der Waals surface area contributed by atoms with Crippen molar-refractivity contribution in [2.24, 2.45) is 10.8 Å². The number of rotatable bonds is 1. The Balaban J connectivity index is 1.51. The summed E-state index contributed by atoms with van der Waals surface area (Å²) in [6, 6.07) is 11.1. The van der Waals surface area contributed by atoms with E-state index in [1.54, 1.807) is 22.7 Å². The monoisotopic (exact) mass is 369 g/mol. The van der Waals surface area contributed by atoms with Crippen LogP contribution in [0.25, 0.3) is 19.5 Å². The van der Waals surface area contributed by atoms with E-state index in [1.807, 2.05) is 0 Å². The number of amides is 1. The van der Waals surface area contributed by atoms with Crippen LogP contribution in [0.4, 0.5) is 0 Å². The third kappa shape index (κ3) is 2.45. The highest BCUT2D eigenvalue weighted by Crippen LogP contribution is 2.53. The van der Waals surface area contributed by atoms with Gasteiger partial charge in [-0.25, -0.2) is 0 Å². The molecule has 3 heterocycles. The standard InChI is InChI=1S/C21H23NOS2/c1-20(2)9-13-10-21(3,11-20)12-22(13)19(23)17-8-16-18(25-17)14-6-4-5-7-15(14)24-16/h4-8,13H,9-12H2,1-3H3. The Morgan fingerprint density at radius 1 is 1.12 bits per heavy atom. The number of likely N-dealkylation sites (tertiary alicyclic amines) is 1. The van der Waals surface area contributed by atoms with Crippen molar-refractivity contribution in [3.8, 4) is 0 Å².